The topological polar surface area (TPSA) is 51.6 Å². The third kappa shape index (κ3) is 9.68. The van der Waals surface area contributed by atoms with Gasteiger partial charge in [-0.25, -0.2) is 0 Å². The van der Waals surface area contributed by atoms with E-state index < -0.39 is 0 Å². The Balaban J connectivity index is 0.000000146. The Bertz CT molecular complexity index is 2030. The zero-order chi connectivity index (χ0) is 32.4. The van der Waals surface area contributed by atoms with Crippen LogP contribution in [0, 0.1) is 24.3 Å². The Morgan fingerprint density at radius 1 is 0.400 bits per heavy atom. The minimum atomic E-state index is 0. The van der Waals surface area contributed by atoms with Crippen molar-refractivity contribution >= 4 is 48.3 Å². The minimum absolute atomic E-state index is 0. The molecule has 0 atom stereocenters. The van der Waals surface area contributed by atoms with Crippen molar-refractivity contribution in [3.05, 3.63) is 180 Å². The third-order valence-corrected chi connectivity index (χ3v) is 10.7. The van der Waals surface area contributed by atoms with E-state index in [-0.39, 0.29) is 42.1 Å². The van der Waals surface area contributed by atoms with Crippen LogP contribution in [0.25, 0.3) is 64.6 Å². The molecule has 246 valence electrons. The van der Waals surface area contributed by atoms with Gasteiger partial charge in [0, 0.05) is 12.4 Å². The van der Waals surface area contributed by atoms with Crippen LogP contribution in [0.4, 0.5) is 0 Å². The zero-order valence-electron chi connectivity index (χ0n) is 26.2. The van der Waals surface area contributed by atoms with Crippen molar-refractivity contribution < 1.29 is 42.1 Å². The second-order valence-electron chi connectivity index (χ2n) is 10.4. The molecule has 0 saturated carbocycles. The molecule has 0 aliphatic heterocycles. The van der Waals surface area contributed by atoms with Gasteiger partial charge in [-0.1, -0.05) is 36.4 Å². The van der Waals surface area contributed by atoms with Gasteiger partial charge in [-0.15, -0.1) is 71.8 Å². The predicted molar refractivity (Wildman–Crippen MR) is 196 cm³/mol. The molecule has 9 rings (SSSR count). The standard InChI is InChI=1S/2C16H11N2.C10H4Se2.2Pt/c2*1-2-7-13(8-3-1)14-10-6-11-16(18-14)15-9-4-5-12-17-15;1-3-11-9-6-10-8(2-4-12-10)5-7(1)9;;/h2*1-7,9-12H;3-6H;;/q2*-1;-2;2*+2. The van der Waals surface area contributed by atoms with E-state index in [2.05, 4.69) is 66.2 Å². The Morgan fingerprint density at radius 3 is 1.26 bits per heavy atom. The molecule has 4 nitrogen and oxygen atoms in total. The fourth-order valence-electron chi connectivity index (χ4n) is 4.88. The van der Waals surface area contributed by atoms with Crippen molar-refractivity contribution in [2.24, 2.45) is 0 Å². The van der Waals surface area contributed by atoms with E-state index in [1.165, 1.54) is 19.3 Å². The Labute approximate surface area is 332 Å². The van der Waals surface area contributed by atoms with E-state index in [9.17, 15) is 0 Å². The molecule has 0 aliphatic carbocycles. The van der Waals surface area contributed by atoms with E-state index in [4.69, 9.17) is 0 Å². The molecular formula is C42H26N4Pt2Se2. The summed E-state index contributed by atoms with van der Waals surface area (Å²) in [4.78, 5) is 22.2. The number of benzene rings is 3. The molecule has 6 aromatic heterocycles. The first-order chi connectivity index (χ1) is 23.8. The fourth-order valence-corrected chi connectivity index (χ4v) is 8.38. The smallest absolute Gasteiger partial charge is 0.0876 e. The van der Waals surface area contributed by atoms with Crippen LogP contribution in [0.1, 0.15) is 0 Å². The zero-order valence-corrected chi connectivity index (χ0v) is 34.2. The first-order valence-electron chi connectivity index (χ1n) is 15.2. The van der Waals surface area contributed by atoms with Gasteiger partial charge in [0.1, 0.15) is 0 Å². The summed E-state index contributed by atoms with van der Waals surface area (Å²) in [6, 6.07) is 56.7. The molecule has 0 N–H and O–H groups in total. The summed E-state index contributed by atoms with van der Waals surface area (Å²) in [5.41, 5.74) is 7.35. The van der Waals surface area contributed by atoms with Crippen molar-refractivity contribution in [3.8, 4) is 45.3 Å². The summed E-state index contributed by atoms with van der Waals surface area (Å²) in [6.45, 7) is 0. The summed E-state index contributed by atoms with van der Waals surface area (Å²) >= 11 is 1.09. The van der Waals surface area contributed by atoms with Crippen molar-refractivity contribution in [2.45, 2.75) is 0 Å². The second-order valence-corrected chi connectivity index (χ2v) is 14.2. The average Bonchev–Trinajstić information content (AvgIpc) is 3.85. The van der Waals surface area contributed by atoms with Gasteiger partial charge in [0.2, 0.25) is 0 Å². The van der Waals surface area contributed by atoms with Crippen LogP contribution in [-0.4, -0.2) is 48.9 Å². The Hall–Kier alpha value is -3.84. The number of aromatic nitrogens is 4. The van der Waals surface area contributed by atoms with Crippen molar-refractivity contribution in [2.75, 3.05) is 0 Å². The van der Waals surface area contributed by atoms with Gasteiger partial charge >= 0.3 is 125 Å². The summed E-state index contributed by atoms with van der Waals surface area (Å²) in [6.07, 6.45) is 3.55. The normalized spacial score (nSPS) is 10.1. The van der Waals surface area contributed by atoms with E-state index in [0.717, 1.165) is 45.3 Å². The van der Waals surface area contributed by atoms with Crippen molar-refractivity contribution in [3.63, 3.8) is 0 Å². The van der Waals surface area contributed by atoms with Crippen molar-refractivity contribution in [1.29, 1.82) is 0 Å². The molecule has 6 heterocycles. The molecule has 0 fully saturated rings. The molecule has 3 aromatic carbocycles. The van der Waals surface area contributed by atoms with E-state index in [0.29, 0.717) is 29.0 Å². The first kappa shape index (κ1) is 37.4. The Morgan fingerprint density at radius 2 is 0.840 bits per heavy atom. The predicted octanol–water partition coefficient (Wildman–Crippen LogP) is 8.92. The summed E-state index contributed by atoms with van der Waals surface area (Å²) in [5, 5.41) is 2.60. The molecular weight excluding hydrogens is 1110 g/mol. The van der Waals surface area contributed by atoms with Crippen LogP contribution < -0.4 is 0 Å². The van der Waals surface area contributed by atoms with Crippen LogP contribution in [0.5, 0.6) is 0 Å². The molecule has 0 amide bonds. The molecule has 9 aromatic rings. The number of pyridine rings is 4. The first-order valence-corrected chi connectivity index (χ1v) is 18.9. The van der Waals surface area contributed by atoms with Gasteiger partial charge in [-0.3, -0.25) is 19.9 Å². The fraction of sp³-hybridized carbons (Fsp3) is 0. The van der Waals surface area contributed by atoms with Gasteiger partial charge in [-0.2, -0.15) is 0 Å². The number of hydrogen-bond acceptors (Lipinski definition) is 4. The van der Waals surface area contributed by atoms with Gasteiger partial charge in [0.05, 0.1) is 22.8 Å². The van der Waals surface area contributed by atoms with Gasteiger partial charge < -0.3 is 0 Å². The number of fused-ring (bicyclic) bond motifs is 2. The van der Waals surface area contributed by atoms with Gasteiger partial charge in [0.15, 0.2) is 0 Å². The van der Waals surface area contributed by atoms with Crippen LogP contribution in [0.2, 0.25) is 0 Å². The average molecular weight is 1130 g/mol. The summed E-state index contributed by atoms with van der Waals surface area (Å²) in [5.74, 6) is 0. The van der Waals surface area contributed by atoms with Crippen LogP contribution in [-0.2, 0) is 42.1 Å². The van der Waals surface area contributed by atoms with E-state index in [1.807, 2.05) is 121 Å². The molecule has 0 saturated heterocycles. The molecule has 0 radical (unpaired) electrons. The monoisotopic (exact) mass is 1140 g/mol. The third-order valence-electron chi connectivity index (χ3n) is 7.21. The quantitative estimate of drug-likeness (QED) is 0.131. The number of rotatable bonds is 4. The summed E-state index contributed by atoms with van der Waals surface area (Å²) in [7, 11) is 0. The number of hydrogen-bond donors (Lipinski definition) is 0. The van der Waals surface area contributed by atoms with Crippen molar-refractivity contribution in [1.82, 2.24) is 19.9 Å². The largest absolute Gasteiger partial charge is 0.295 e. The maximum absolute atomic E-state index is 4.62. The Kier molecular flexibility index (Phi) is 14.2. The molecule has 0 spiro atoms. The summed E-state index contributed by atoms with van der Waals surface area (Å²) < 4.78 is 3.00. The molecule has 0 bridgehead atoms. The molecule has 8 heteroatoms. The molecule has 50 heavy (non-hydrogen) atoms. The van der Waals surface area contributed by atoms with E-state index >= 15 is 0 Å². The maximum Gasteiger partial charge on any atom is 0.0876 e. The number of nitrogens with zero attached hydrogens (tertiary/aromatic N) is 4. The minimum Gasteiger partial charge on any atom is -0.295 e. The van der Waals surface area contributed by atoms with Gasteiger partial charge in [-0.05, 0) is 47.8 Å². The molecule has 0 unspecified atom stereocenters. The van der Waals surface area contributed by atoms with Crippen LogP contribution >= 0.6 is 0 Å². The van der Waals surface area contributed by atoms with E-state index in [1.54, 1.807) is 12.4 Å². The molecule has 0 aliphatic rings. The maximum atomic E-state index is 4.62. The second kappa shape index (κ2) is 19.0. The SMILES string of the molecule is [Pt+2].[Pt+2].[c-]1c[se]c2cc3[se]c[c-]c3cc12.[c-]1ccccc1-c1cccc(-c2ccccn2)n1.[c-]1ccccc1-c1cccc(-c2ccccn2)n1. The van der Waals surface area contributed by atoms with Crippen LogP contribution in [0.15, 0.2) is 156 Å². The van der Waals surface area contributed by atoms with Crippen LogP contribution in [0.3, 0.4) is 0 Å². The van der Waals surface area contributed by atoms with Gasteiger partial charge in [0.25, 0.3) is 0 Å².